The molecule has 0 spiro atoms. The molecule has 0 aliphatic rings. The lowest BCUT2D eigenvalue weighted by molar-refractivity contribution is 0.407. The van der Waals surface area contributed by atoms with Crippen molar-refractivity contribution >= 4 is 0 Å². The Morgan fingerprint density at radius 1 is 1.44 bits per heavy atom. The first-order valence-electron chi connectivity index (χ1n) is 5.04. The molecule has 2 rings (SSSR count). The summed E-state index contributed by atoms with van der Waals surface area (Å²) in [5.74, 6) is 1.01. The monoisotopic (exact) mass is 218 g/mol. The van der Waals surface area contributed by atoms with Crippen molar-refractivity contribution in [3.8, 4) is 11.5 Å². The molecule has 16 heavy (non-hydrogen) atoms. The Morgan fingerprint density at radius 3 is 2.88 bits per heavy atom. The van der Waals surface area contributed by atoms with Crippen molar-refractivity contribution in [2.24, 2.45) is 0 Å². The topological polar surface area (TPSA) is 47.3 Å². The number of nitrogens with zero attached hydrogens (tertiary/aromatic N) is 2. The molecule has 0 atom stereocenters. The van der Waals surface area contributed by atoms with E-state index < -0.39 is 0 Å². The molecule has 0 saturated heterocycles. The zero-order valence-electron chi connectivity index (χ0n) is 9.34. The lowest BCUT2D eigenvalue weighted by Gasteiger charge is -2.09. The largest absolute Gasteiger partial charge is 0.505 e. The van der Waals surface area contributed by atoms with E-state index in [2.05, 4.69) is 11.2 Å². The van der Waals surface area contributed by atoms with Crippen LogP contribution >= 0.6 is 0 Å². The van der Waals surface area contributed by atoms with E-state index in [0.717, 1.165) is 11.3 Å². The Hall–Kier alpha value is -1.97. The van der Waals surface area contributed by atoms with E-state index in [1.54, 1.807) is 18.0 Å². The molecule has 4 heteroatoms. The van der Waals surface area contributed by atoms with Gasteiger partial charge in [0, 0.05) is 5.56 Å². The second kappa shape index (κ2) is 4.26. The average Bonchev–Trinajstić information content (AvgIpc) is 2.64. The Kier molecular flexibility index (Phi) is 2.81. The fourth-order valence-corrected chi connectivity index (χ4v) is 1.64. The normalized spacial score (nSPS) is 10.4. The van der Waals surface area contributed by atoms with Gasteiger partial charge < -0.3 is 9.84 Å². The zero-order chi connectivity index (χ0) is 11.5. The maximum atomic E-state index is 9.20. The van der Waals surface area contributed by atoms with Crippen LogP contribution in [0.1, 0.15) is 11.1 Å². The molecule has 1 aromatic carbocycles. The van der Waals surface area contributed by atoms with Crippen LogP contribution in [0.2, 0.25) is 0 Å². The third-order valence-corrected chi connectivity index (χ3v) is 2.39. The molecular weight excluding hydrogens is 204 g/mol. The highest BCUT2D eigenvalue weighted by Crippen LogP contribution is 2.21. The fourth-order valence-electron chi connectivity index (χ4n) is 1.64. The van der Waals surface area contributed by atoms with Crippen LogP contribution in [0.25, 0.3) is 0 Å². The maximum Gasteiger partial charge on any atom is 0.153 e. The molecule has 0 unspecified atom stereocenters. The van der Waals surface area contributed by atoms with Crippen molar-refractivity contribution in [2.75, 3.05) is 7.11 Å². The van der Waals surface area contributed by atoms with Crippen LogP contribution in [0.15, 0.2) is 30.6 Å². The van der Waals surface area contributed by atoms with Gasteiger partial charge in [0.15, 0.2) is 5.75 Å². The minimum atomic E-state index is 0.173. The second-order valence-corrected chi connectivity index (χ2v) is 3.71. The van der Waals surface area contributed by atoms with Gasteiger partial charge in [0.05, 0.1) is 26.0 Å². The van der Waals surface area contributed by atoms with Crippen LogP contribution in [0, 0.1) is 6.92 Å². The van der Waals surface area contributed by atoms with E-state index in [4.69, 9.17) is 4.74 Å². The van der Waals surface area contributed by atoms with E-state index in [1.807, 2.05) is 19.1 Å². The summed E-state index contributed by atoms with van der Waals surface area (Å²) in [5, 5.41) is 13.2. The first kappa shape index (κ1) is 10.5. The highest BCUT2D eigenvalue weighted by molar-refractivity contribution is 5.37. The van der Waals surface area contributed by atoms with Gasteiger partial charge in [0.1, 0.15) is 5.75 Å². The molecule has 1 heterocycles. The Morgan fingerprint density at radius 2 is 2.25 bits per heavy atom. The van der Waals surface area contributed by atoms with Gasteiger partial charge in [-0.1, -0.05) is 17.7 Å². The van der Waals surface area contributed by atoms with Gasteiger partial charge in [-0.3, -0.25) is 4.68 Å². The van der Waals surface area contributed by atoms with Crippen LogP contribution < -0.4 is 4.74 Å². The Balaban J connectivity index is 2.29. The Labute approximate surface area is 94.1 Å². The van der Waals surface area contributed by atoms with Gasteiger partial charge >= 0.3 is 0 Å². The zero-order valence-corrected chi connectivity index (χ0v) is 9.34. The van der Waals surface area contributed by atoms with E-state index in [-0.39, 0.29) is 5.75 Å². The third kappa shape index (κ3) is 2.16. The van der Waals surface area contributed by atoms with Gasteiger partial charge in [-0.25, -0.2) is 0 Å². The van der Waals surface area contributed by atoms with E-state index in [9.17, 15) is 5.11 Å². The van der Waals surface area contributed by atoms with E-state index >= 15 is 0 Å². The molecule has 0 fully saturated rings. The van der Waals surface area contributed by atoms with Gasteiger partial charge in [0.2, 0.25) is 0 Å². The molecule has 4 nitrogen and oxygen atoms in total. The van der Waals surface area contributed by atoms with Crippen LogP contribution in [-0.2, 0) is 6.54 Å². The number of rotatable bonds is 3. The molecule has 0 radical (unpaired) electrons. The van der Waals surface area contributed by atoms with Crippen molar-refractivity contribution in [2.45, 2.75) is 13.5 Å². The maximum absolute atomic E-state index is 9.20. The third-order valence-electron chi connectivity index (χ3n) is 2.39. The smallest absolute Gasteiger partial charge is 0.153 e. The van der Waals surface area contributed by atoms with Gasteiger partial charge in [-0.05, 0) is 13.0 Å². The lowest BCUT2D eigenvalue weighted by Crippen LogP contribution is -2.02. The van der Waals surface area contributed by atoms with Crippen LogP contribution in [0.5, 0.6) is 11.5 Å². The summed E-state index contributed by atoms with van der Waals surface area (Å²) >= 11 is 0. The van der Waals surface area contributed by atoms with Crippen LogP contribution in [-0.4, -0.2) is 22.0 Å². The lowest BCUT2D eigenvalue weighted by atomic mass is 10.1. The molecular formula is C12H14N2O2. The standard InChI is InChI=1S/C12H14N2O2/c1-9-3-4-12(16-2)10(5-9)7-14-8-11(15)6-13-14/h3-6,8,15H,7H2,1-2H3. The predicted octanol–water partition coefficient (Wildman–Crippen LogP) is 1.95. The van der Waals surface area contributed by atoms with Gasteiger partial charge in [0.25, 0.3) is 0 Å². The number of aryl methyl sites for hydroxylation is 1. The average molecular weight is 218 g/mol. The summed E-state index contributed by atoms with van der Waals surface area (Å²) in [6, 6.07) is 5.99. The molecule has 1 N–H and O–H groups in total. The summed E-state index contributed by atoms with van der Waals surface area (Å²) in [6.45, 7) is 2.62. The summed E-state index contributed by atoms with van der Waals surface area (Å²) in [7, 11) is 1.65. The number of benzene rings is 1. The first-order chi connectivity index (χ1) is 7.69. The molecule has 0 aliphatic carbocycles. The van der Waals surface area contributed by atoms with Crippen molar-refractivity contribution in [3.05, 3.63) is 41.7 Å². The number of methoxy groups -OCH3 is 1. The minimum Gasteiger partial charge on any atom is -0.505 e. The van der Waals surface area contributed by atoms with E-state index in [1.165, 1.54) is 11.8 Å². The molecule has 0 saturated carbocycles. The Bertz CT molecular complexity index is 492. The van der Waals surface area contributed by atoms with Crippen molar-refractivity contribution in [3.63, 3.8) is 0 Å². The number of hydrogen-bond donors (Lipinski definition) is 1. The van der Waals surface area contributed by atoms with Crippen molar-refractivity contribution in [1.82, 2.24) is 9.78 Å². The summed E-state index contributed by atoms with van der Waals surface area (Å²) < 4.78 is 6.95. The molecule has 1 aromatic heterocycles. The quantitative estimate of drug-likeness (QED) is 0.856. The summed E-state index contributed by atoms with van der Waals surface area (Å²) in [4.78, 5) is 0. The van der Waals surface area contributed by atoms with Gasteiger partial charge in [-0.15, -0.1) is 0 Å². The summed E-state index contributed by atoms with van der Waals surface area (Å²) in [5.41, 5.74) is 2.22. The molecule has 0 aliphatic heterocycles. The van der Waals surface area contributed by atoms with Crippen molar-refractivity contribution in [1.29, 1.82) is 0 Å². The summed E-state index contributed by atoms with van der Waals surface area (Å²) in [6.07, 6.45) is 3.00. The van der Waals surface area contributed by atoms with Crippen LogP contribution in [0.3, 0.4) is 0 Å². The highest BCUT2D eigenvalue weighted by atomic mass is 16.5. The predicted molar refractivity (Wildman–Crippen MR) is 60.7 cm³/mol. The number of aromatic hydroxyl groups is 1. The molecule has 2 aromatic rings. The molecule has 0 bridgehead atoms. The number of ether oxygens (including phenoxy) is 1. The van der Waals surface area contributed by atoms with Crippen molar-refractivity contribution < 1.29 is 9.84 Å². The highest BCUT2D eigenvalue weighted by Gasteiger charge is 2.05. The SMILES string of the molecule is COc1ccc(C)cc1Cn1cc(O)cn1. The number of aromatic nitrogens is 2. The minimum absolute atomic E-state index is 0.173. The van der Waals surface area contributed by atoms with Gasteiger partial charge in [-0.2, -0.15) is 5.10 Å². The molecule has 0 amide bonds. The van der Waals surface area contributed by atoms with E-state index in [0.29, 0.717) is 6.54 Å². The number of hydrogen-bond acceptors (Lipinski definition) is 3. The van der Waals surface area contributed by atoms with Crippen LogP contribution in [0.4, 0.5) is 0 Å². The second-order valence-electron chi connectivity index (χ2n) is 3.71. The molecule has 84 valence electrons. The first-order valence-corrected chi connectivity index (χ1v) is 5.04. The fraction of sp³-hybridized carbons (Fsp3) is 0.250.